The Morgan fingerprint density at radius 3 is 2.72 bits per heavy atom. The van der Waals surface area contributed by atoms with Gasteiger partial charge in [-0.25, -0.2) is 4.39 Å². The van der Waals surface area contributed by atoms with Gasteiger partial charge < -0.3 is 15.8 Å². The lowest BCUT2D eigenvalue weighted by atomic mass is 9.66. The van der Waals surface area contributed by atoms with Crippen LogP contribution in [0.5, 0.6) is 5.88 Å². The van der Waals surface area contributed by atoms with Crippen LogP contribution in [-0.2, 0) is 5.41 Å². The molecule has 8 nitrogen and oxygen atoms in total. The molecule has 0 bridgehead atoms. The molecular formula is C19H19FN6O2S. The number of amides is 1. The predicted octanol–water partition coefficient (Wildman–Crippen LogP) is 2.78. The highest BCUT2D eigenvalue weighted by atomic mass is 32.1. The molecule has 3 aromatic rings. The average Bonchev–Trinajstić information content (AvgIpc) is 3.14. The second kappa shape index (κ2) is 7.70. The number of carbonyl (C=O) groups is 1. The summed E-state index contributed by atoms with van der Waals surface area (Å²) in [5, 5.41) is 12.1. The third-order valence-corrected chi connectivity index (χ3v) is 6.15. The van der Waals surface area contributed by atoms with Crippen molar-refractivity contribution in [2.24, 2.45) is 5.73 Å². The van der Waals surface area contributed by atoms with Crippen LogP contribution in [0.4, 0.5) is 10.2 Å². The van der Waals surface area contributed by atoms with Crippen molar-refractivity contribution in [3.63, 3.8) is 0 Å². The molecule has 1 amide bonds. The zero-order chi connectivity index (χ0) is 20.4. The maximum absolute atomic E-state index is 14.2. The number of hydrogen-bond acceptors (Lipinski definition) is 8. The third kappa shape index (κ3) is 3.63. The summed E-state index contributed by atoms with van der Waals surface area (Å²) in [7, 11) is 1.42. The van der Waals surface area contributed by atoms with Crippen LogP contribution in [0.25, 0.3) is 10.7 Å². The molecule has 0 aliphatic heterocycles. The summed E-state index contributed by atoms with van der Waals surface area (Å²) < 4.78 is 19.3. The van der Waals surface area contributed by atoms with Crippen LogP contribution in [0, 0.1) is 5.82 Å². The van der Waals surface area contributed by atoms with Gasteiger partial charge >= 0.3 is 0 Å². The maximum Gasteiger partial charge on any atom is 0.264 e. The number of hydrogen-bond donors (Lipinski definition) is 2. The van der Waals surface area contributed by atoms with Gasteiger partial charge in [0.2, 0.25) is 5.88 Å². The topological polar surface area (TPSA) is 116 Å². The first-order valence-corrected chi connectivity index (χ1v) is 9.88. The Morgan fingerprint density at radius 1 is 1.34 bits per heavy atom. The number of ether oxygens (including phenoxy) is 1. The standard InChI is InChI=1S/C19H19FN6O2S/c1-28-17-14(16(21)27)29-18(24-17)12-5-6-13(26-25-12)23-10-19(7-3-8-19)15-11(20)4-2-9-22-15/h2,4-6,9H,3,7-8,10H2,1H3,(H2,21,27)(H,23,26). The van der Waals surface area contributed by atoms with Gasteiger partial charge in [-0.05, 0) is 37.1 Å². The number of rotatable bonds is 7. The van der Waals surface area contributed by atoms with Gasteiger partial charge in [0.25, 0.3) is 5.91 Å². The van der Waals surface area contributed by atoms with E-state index in [2.05, 4.69) is 25.5 Å². The SMILES string of the molecule is COc1nc(-c2ccc(NCC3(c4ncccc4F)CCC3)nn2)sc1C(N)=O. The van der Waals surface area contributed by atoms with Crippen LogP contribution in [-0.4, -0.2) is 39.7 Å². The van der Waals surface area contributed by atoms with E-state index < -0.39 is 5.91 Å². The minimum atomic E-state index is -0.607. The molecular weight excluding hydrogens is 395 g/mol. The molecule has 0 saturated heterocycles. The Bertz CT molecular complexity index is 1040. The number of anilines is 1. The molecule has 0 unspecified atom stereocenters. The maximum atomic E-state index is 14.2. The number of thiazole rings is 1. The zero-order valence-corrected chi connectivity index (χ0v) is 16.5. The number of primary amides is 1. The van der Waals surface area contributed by atoms with Gasteiger partial charge in [-0.15, -0.1) is 21.5 Å². The molecule has 0 atom stereocenters. The Balaban J connectivity index is 1.49. The first-order valence-electron chi connectivity index (χ1n) is 9.06. The first-order chi connectivity index (χ1) is 14.0. The van der Waals surface area contributed by atoms with Crippen LogP contribution in [0.15, 0.2) is 30.5 Å². The summed E-state index contributed by atoms with van der Waals surface area (Å²) >= 11 is 1.10. The van der Waals surface area contributed by atoms with Crippen molar-refractivity contribution in [3.05, 3.63) is 46.9 Å². The van der Waals surface area contributed by atoms with Crippen molar-refractivity contribution in [1.82, 2.24) is 20.2 Å². The number of aromatic nitrogens is 4. The van der Waals surface area contributed by atoms with Gasteiger partial charge in [0.1, 0.15) is 22.3 Å². The smallest absolute Gasteiger partial charge is 0.264 e. The summed E-state index contributed by atoms with van der Waals surface area (Å²) in [6.07, 6.45) is 4.40. The number of methoxy groups -OCH3 is 1. The Labute approximate surface area is 170 Å². The van der Waals surface area contributed by atoms with Crippen molar-refractivity contribution in [1.29, 1.82) is 0 Å². The molecule has 3 aromatic heterocycles. The van der Waals surface area contributed by atoms with E-state index in [0.717, 1.165) is 30.6 Å². The molecule has 150 valence electrons. The molecule has 10 heteroatoms. The van der Waals surface area contributed by atoms with E-state index >= 15 is 0 Å². The predicted molar refractivity (Wildman–Crippen MR) is 106 cm³/mol. The fraction of sp³-hybridized carbons (Fsp3) is 0.316. The van der Waals surface area contributed by atoms with Crippen LogP contribution >= 0.6 is 11.3 Å². The van der Waals surface area contributed by atoms with Crippen molar-refractivity contribution >= 4 is 23.1 Å². The van der Waals surface area contributed by atoms with Gasteiger partial charge in [-0.3, -0.25) is 9.78 Å². The highest BCUT2D eigenvalue weighted by Gasteiger charge is 2.41. The Kier molecular flexibility index (Phi) is 5.10. The minimum absolute atomic E-state index is 0.172. The van der Waals surface area contributed by atoms with Crippen LogP contribution < -0.4 is 15.8 Å². The molecule has 1 fully saturated rings. The van der Waals surface area contributed by atoms with Crippen molar-refractivity contribution < 1.29 is 13.9 Å². The highest BCUT2D eigenvalue weighted by Crippen LogP contribution is 2.43. The van der Waals surface area contributed by atoms with Crippen LogP contribution in [0.3, 0.4) is 0 Å². The normalized spacial score (nSPS) is 14.8. The number of pyridine rings is 1. The van der Waals surface area contributed by atoms with Gasteiger partial charge in [0.15, 0.2) is 4.88 Å². The molecule has 0 spiro atoms. The quantitative estimate of drug-likeness (QED) is 0.611. The number of halogens is 1. The van der Waals surface area contributed by atoms with E-state index in [1.807, 2.05) is 0 Å². The lowest BCUT2D eigenvalue weighted by Crippen LogP contribution is -2.42. The molecule has 3 N–H and O–H groups in total. The molecule has 1 aliphatic carbocycles. The monoisotopic (exact) mass is 414 g/mol. The number of nitrogens with two attached hydrogens (primary N) is 1. The van der Waals surface area contributed by atoms with E-state index in [1.54, 1.807) is 24.4 Å². The average molecular weight is 414 g/mol. The van der Waals surface area contributed by atoms with E-state index in [1.165, 1.54) is 13.2 Å². The largest absolute Gasteiger partial charge is 0.480 e. The summed E-state index contributed by atoms with van der Waals surface area (Å²) in [5.74, 6) is -0.149. The lowest BCUT2D eigenvalue weighted by Gasteiger charge is -2.41. The summed E-state index contributed by atoms with van der Waals surface area (Å²) in [6, 6.07) is 6.55. The zero-order valence-electron chi connectivity index (χ0n) is 15.7. The number of nitrogens with one attached hydrogen (secondary N) is 1. The molecule has 0 radical (unpaired) electrons. The van der Waals surface area contributed by atoms with Gasteiger partial charge in [0, 0.05) is 18.2 Å². The van der Waals surface area contributed by atoms with E-state index in [0.29, 0.717) is 28.8 Å². The van der Waals surface area contributed by atoms with Gasteiger partial charge in [0.05, 0.1) is 12.8 Å². The summed E-state index contributed by atoms with van der Waals surface area (Å²) in [4.78, 5) is 20.2. The van der Waals surface area contributed by atoms with E-state index in [9.17, 15) is 9.18 Å². The second-order valence-corrected chi connectivity index (χ2v) is 7.85. The molecule has 3 heterocycles. The van der Waals surface area contributed by atoms with Crippen LogP contribution in [0.2, 0.25) is 0 Å². The fourth-order valence-electron chi connectivity index (χ4n) is 3.39. The van der Waals surface area contributed by atoms with Crippen LogP contribution in [0.1, 0.15) is 34.6 Å². The second-order valence-electron chi connectivity index (χ2n) is 6.85. The molecule has 1 saturated carbocycles. The first kappa shape index (κ1) is 19.2. The molecule has 0 aromatic carbocycles. The highest BCUT2D eigenvalue weighted by molar-refractivity contribution is 7.17. The van der Waals surface area contributed by atoms with Gasteiger partial charge in [-0.1, -0.05) is 6.42 Å². The molecule has 4 rings (SSSR count). The van der Waals surface area contributed by atoms with Crippen molar-refractivity contribution in [2.45, 2.75) is 24.7 Å². The number of carbonyl (C=O) groups excluding carboxylic acids is 1. The lowest BCUT2D eigenvalue weighted by molar-refractivity contribution is 0.100. The summed E-state index contributed by atoms with van der Waals surface area (Å²) in [5.41, 5.74) is 6.01. The Hall–Kier alpha value is -3.14. The fourth-order valence-corrected chi connectivity index (χ4v) is 4.24. The van der Waals surface area contributed by atoms with Crippen molar-refractivity contribution in [3.8, 4) is 16.6 Å². The Morgan fingerprint density at radius 2 is 2.17 bits per heavy atom. The number of nitrogens with zero attached hydrogens (tertiary/aromatic N) is 4. The molecule has 1 aliphatic rings. The third-order valence-electron chi connectivity index (χ3n) is 5.08. The summed E-state index contributed by atoms with van der Waals surface area (Å²) in [6.45, 7) is 0.520. The van der Waals surface area contributed by atoms with Gasteiger partial charge in [-0.2, -0.15) is 4.98 Å². The van der Waals surface area contributed by atoms with Crippen molar-refractivity contribution in [2.75, 3.05) is 19.0 Å². The minimum Gasteiger partial charge on any atom is -0.480 e. The molecule has 29 heavy (non-hydrogen) atoms. The van der Waals surface area contributed by atoms with E-state index in [4.69, 9.17) is 10.5 Å². The van der Waals surface area contributed by atoms with E-state index in [-0.39, 0.29) is 22.0 Å².